The second-order valence-electron chi connectivity index (χ2n) is 4.46. The Kier molecular flexibility index (Phi) is 6.21. The highest BCUT2D eigenvalue weighted by molar-refractivity contribution is 5.93. The van der Waals surface area contributed by atoms with E-state index < -0.39 is 36.0 Å². The summed E-state index contributed by atoms with van der Waals surface area (Å²) in [7, 11) is 0. The van der Waals surface area contributed by atoms with Gasteiger partial charge in [-0.1, -0.05) is 25.5 Å². The summed E-state index contributed by atoms with van der Waals surface area (Å²) < 4.78 is 43.8. The molecule has 0 aliphatic rings. The van der Waals surface area contributed by atoms with E-state index in [1.807, 2.05) is 6.92 Å². The van der Waals surface area contributed by atoms with Crippen molar-refractivity contribution in [3.8, 4) is 0 Å². The van der Waals surface area contributed by atoms with Crippen molar-refractivity contribution >= 4 is 17.7 Å². The fourth-order valence-electron chi connectivity index (χ4n) is 1.71. The van der Waals surface area contributed by atoms with Gasteiger partial charge in [0.2, 0.25) is 0 Å². The third kappa shape index (κ3) is 4.94. The maximum absolute atomic E-state index is 13.0. The number of amides is 1. The molecule has 0 atom stereocenters. The third-order valence-corrected chi connectivity index (χ3v) is 2.74. The van der Waals surface area contributed by atoms with E-state index in [1.165, 1.54) is 6.07 Å². The first-order chi connectivity index (χ1) is 10.3. The van der Waals surface area contributed by atoms with Crippen molar-refractivity contribution in [3.63, 3.8) is 0 Å². The van der Waals surface area contributed by atoms with Crippen molar-refractivity contribution in [3.05, 3.63) is 29.8 Å². The number of carbonyl (C=O) groups is 2. The minimum atomic E-state index is -4.71. The highest BCUT2D eigenvalue weighted by Gasteiger charge is 2.36. The van der Waals surface area contributed by atoms with Crippen molar-refractivity contribution in [2.75, 3.05) is 18.1 Å². The van der Waals surface area contributed by atoms with Crippen LogP contribution in [0.25, 0.3) is 0 Å². The molecule has 0 bridgehead atoms. The van der Waals surface area contributed by atoms with Crippen molar-refractivity contribution in [1.82, 2.24) is 0 Å². The first-order valence-electron chi connectivity index (χ1n) is 6.59. The number of hydrogen-bond donors (Lipinski definition) is 1. The Morgan fingerprint density at radius 1 is 1.27 bits per heavy atom. The summed E-state index contributed by atoms with van der Waals surface area (Å²) in [5.41, 5.74) is -1.64. The predicted octanol–water partition coefficient (Wildman–Crippen LogP) is 3.53. The topological polar surface area (TPSA) is 66.8 Å². The first-order valence-corrected chi connectivity index (χ1v) is 6.59. The predicted molar refractivity (Wildman–Crippen MR) is 72.7 cm³/mol. The van der Waals surface area contributed by atoms with Gasteiger partial charge in [0, 0.05) is 0 Å². The number of halogens is 3. The van der Waals surface area contributed by atoms with Gasteiger partial charge in [0.25, 0.3) is 0 Å². The monoisotopic (exact) mass is 319 g/mol. The van der Waals surface area contributed by atoms with Gasteiger partial charge in [-0.2, -0.15) is 13.2 Å². The van der Waals surface area contributed by atoms with Crippen LogP contribution < -0.4 is 4.90 Å². The molecular formula is C14H16F3NO4. The molecule has 0 fully saturated rings. The standard InChI is InChI=1S/C14H16F3NO4/c1-2-3-8-22-13(21)18(9-12(19)20)11-7-5-4-6-10(11)14(15,16)17/h4-7H,2-3,8-9H2,1H3,(H,19,20). The molecule has 1 aromatic carbocycles. The summed E-state index contributed by atoms with van der Waals surface area (Å²) in [4.78, 5) is 23.2. The lowest BCUT2D eigenvalue weighted by Gasteiger charge is -2.23. The Bertz CT molecular complexity index is 531. The molecule has 0 heterocycles. The van der Waals surface area contributed by atoms with Gasteiger partial charge < -0.3 is 9.84 Å². The van der Waals surface area contributed by atoms with Crippen LogP contribution >= 0.6 is 0 Å². The molecule has 0 aromatic heterocycles. The quantitative estimate of drug-likeness (QED) is 0.815. The van der Waals surface area contributed by atoms with Gasteiger partial charge in [-0.3, -0.25) is 9.69 Å². The molecule has 1 N–H and O–H groups in total. The van der Waals surface area contributed by atoms with Crippen molar-refractivity contribution < 1.29 is 32.6 Å². The molecule has 122 valence electrons. The van der Waals surface area contributed by atoms with E-state index >= 15 is 0 Å². The molecular weight excluding hydrogens is 303 g/mol. The second-order valence-corrected chi connectivity index (χ2v) is 4.46. The zero-order chi connectivity index (χ0) is 16.8. The van der Waals surface area contributed by atoms with Crippen molar-refractivity contribution in [1.29, 1.82) is 0 Å². The van der Waals surface area contributed by atoms with Gasteiger partial charge in [0.1, 0.15) is 6.54 Å². The van der Waals surface area contributed by atoms with Gasteiger partial charge in [-0.25, -0.2) is 4.79 Å². The second kappa shape index (κ2) is 7.67. The average molecular weight is 319 g/mol. The summed E-state index contributed by atoms with van der Waals surface area (Å²) in [6.45, 7) is 0.944. The van der Waals surface area contributed by atoms with Crippen LogP contribution in [0.2, 0.25) is 0 Å². The number of carbonyl (C=O) groups excluding carboxylic acids is 1. The molecule has 0 saturated carbocycles. The summed E-state index contributed by atoms with van der Waals surface area (Å²) in [5, 5.41) is 8.83. The average Bonchev–Trinajstić information content (AvgIpc) is 2.44. The van der Waals surface area contributed by atoms with Crippen LogP contribution in [0.3, 0.4) is 0 Å². The van der Waals surface area contributed by atoms with Crippen molar-refractivity contribution in [2.45, 2.75) is 25.9 Å². The van der Waals surface area contributed by atoms with Crippen LogP contribution in [0.1, 0.15) is 25.3 Å². The zero-order valence-corrected chi connectivity index (χ0v) is 11.9. The van der Waals surface area contributed by atoms with Gasteiger partial charge in [-0.05, 0) is 18.6 Å². The maximum Gasteiger partial charge on any atom is 0.418 e. The lowest BCUT2D eigenvalue weighted by molar-refractivity contribution is -0.138. The van der Waals surface area contributed by atoms with Crippen LogP contribution in [0.5, 0.6) is 0 Å². The molecule has 5 nitrogen and oxygen atoms in total. The smallest absolute Gasteiger partial charge is 0.418 e. The van der Waals surface area contributed by atoms with E-state index in [4.69, 9.17) is 9.84 Å². The van der Waals surface area contributed by atoms with Gasteiger partial charge in [-0.15, -0.1) is 0 Å². The Hall–Kier alpha value is -2.25. The normalized spacial score (nSPS) is 11.1. The number of anilines is 1. The van der Waals surface area contributed by atoms with E-state index in [1.54, 1.807) is 0 Å². The molecule has 0 aliphatic heterocycles. The lowest BCUT2D eigenvalue weighted by Crippen LogP contribution is -2.37. The van der Waals surface area contributed by atoms with Crippen LogP contribution in [-0.4, -0.2) is 30.3 Å². The van der Waals surface area contributed by atoms with E-state index in [0.29, 0.717) is 11.3 Å². The van der Waals surface area contributed by atoms with Crippen LogP contribution in [0, 0.1) is 0 Å². The SMILES string of the molecule is CCCCOC(=O)N(CC(=O)O)c1ccccc1C(F)(F)F. The molecule has 22 heavy (non-hydrogen) atoms. The summed E-state index contributed by atoms with van der Waals surface area (Å²) >= 11 is 0. The van der Waals surface area contributed by atoms with Crippen LogP contribution in [-0.2, 0) is 15.7 Å². The molecule has 1 aromatic rings. The number of nitrogens with zero attached hydrogens (tertiary/aromatic N) is 1. The minimum Gasteiger partial charge on any atom is -0.480 e. The third-order valence-electron chi connectivity index (χ3n) is 2.74. The Morgan fingerprint density at radius 3 is 2.45 bits per heavy atom. The number of benzene rings is 1. The van der Waals surface area contributed by atoms with Gasteiger partial charge >= 0.3 is 18.2 Å². The first kappa shape index (κ1) is 17.8. The molecule has 8 heteroatoms. The number of carboxylic acids is 1. The minimum absolute atomic E-state index is 0.0135. The van der Waals surface area contributed by atoms with Gasteiger partial charge in [0.05, 0.1) is 17.9 Å². The number of hydrogen-bond acceptors (Lipinski definition) is 3. The summed E-state index contributed by atoms with van der Waals surface area (Å²) in [6, 6.07) is 4.27. The highest BCUT2D eigenvalue weighted by Crippen LogP contribution is 2.36. The number of unbranched alkanes of at least 4 members (excludes halogenated alkanes) is 1. The molecule has 0 saturated heterocycles. The summed E-state index contributed by atoms with van der Waals surface area (Å²) in [5.74, 6) is -1.44. The Labute approximate surface area is 125 Å². The Morgan fingerprint density at radius 2 is 1.91 bits per heavy atom. The highest BCUT2D eigenvalue weighted by atomic mass is 19.4. The van der Waals surface area contributed by atoms with E-state index in [9.17, 15) is 22.8 Å². The zero-order valence-electron chi connectivity index (χ0n) is 11.9. The largest absolute Gasteiger partial charge is 0.480 e. The number of para-hydroxylation sites is 1. The van der Waals surface area contributed by atoms with Crippen LogP contribution in [0.4, 0.5) is 23.7 Å². The number of alkyl halides is 3. The van der Waals surface area contributed by atoms with Gasteiger partial charge in [0.15, 0.2) is 0 Å². The maximum atomic E-state index is 13.0. The molecule has 0 unspecified atom stereocenters. The fourth-order valence-corrected chi connectivity index (χ4v) is 1.71. The van der Waals surface area contributed by atoms with Crippen LogP contribution in [0.15, 0.2) is 24.3 Å². The lowest BCUT2D eigenvalue weighted by atomic mass is 10.1. The van der Waals surface area contributed by atoms with E-state index in [-0.39, 0.29) is 6.61 Å². The van der Waals surface area contributed by atoms with E-state index in [0.717, 1.165) is 24.6 Å². The fraction of sp³-hybridized carbons (Fsp3) is 0.429. The summed E-state index contributed by atoms with van der Waals surface area (Å²) in [6.07, 6.45) is -4.57. The number of ether oxygens (including phenoxy) is 1. The Balaban J connectivity index is 3.12. The molecule has 0 spiro atoms. The number of carboxylic acid groups (broad SMARTS) is 1. The molecule has 1 amide bonds. The number of aliphatic carboxylic acids is 1. The van der Waals surface area contributed by atoms with Crippen molar-refractivity contribution in [2.24, 2.45) is 0 Å². The number of rotatable bonds is 6. The molecule has 0 aliphatic carbocycles. The molecule has 0 radical (unpaired) electrons. The van der Waals surface area contributed by atoms with E-state index in [2.05, 4.69) is 0 Å². The molecule has 1 rings (SSSR count).